The summed E-state index contributed by atoms with van der Waals surface area (Å²) in [7, 11) is 1.29. The predicted octanol–water partition coefficient (Wildman–Crippen LogP) is 3.44. The summed E-state index contributed by atoms with van der Waals surface area (Å²) >= 11 is 0. The molecule has 0 spiro atoms. The van der Waals surface area contributed by atoms with Crippen molar-refractivity contribution >= 4 is 23.5 Å². The fourth-order valence-electron chi connectivity index (χ4n) is 2.62. The number of esters is 1. The summed E-state index contributed by atoms with van der Waals surface area (Å²) < 4.78 is 4.74. The number of ether oxygens (including phenoxy) is 1. The smallest absolute Gasteiger partial charge is 0.339 e. The lowest BCUT2D eigenvalue weighted by Gasteiger charge is -2.10. The first kappa shape index (κ1) is 19.0. The highest BCUT2D eigenvalue weighted by Crippen LogP contribution is 2.17. The van der Waals surface area contributed by atoms with Gasteiger partial charge in [-0.25, -0.2) is 14.8 Å². The van der Waals surface area contributed by atoms with E-state index in [9.17, 15) is 9.59 Å². The standard InChI is InChI=1S/C21H20N4O3/c1-14-7-3-4-8-15(14)13-23-21-22-12-11-18(25-21)19(26)24-17-10-6-5-9-16(17)20(27)28-2/h3-12H,13H2,1-2H3,(H,24,26)(H,22,23,25). The minimum atomic E-state index is -0.529. The number of aryl methyl sites for hydroxylation is 1. The Morgan fingerprint density at radius 2 is 1.79 bits per heavy atom. The molecule has 0 saturated heterocycles. The van der Waals surface area contributed by atoms with Crippen molar-refractivity contribution in [1.29, 1.82) is 0 Å². The highest BCUT2D eigenvalue weighted by atomic mass is 16.5. The summed E-state index contributed by atoms with van der Waals surface area (Å²) in [5.74, 6) is -0.631. The van der Waals surface area contributed by atoms with E-state index in [-0.39, 0.29) is 11.3 Å². The van der Waals surface area contributed by atoms with Crippen LogP contribution in [0.15, 0.2) is 60.8 Å². The lowest BCUT2D eigenvalue weighted by Crippen LogP contribution is -2.17. The highest BCUT2D eigenvalue weighted by Gasteiger charge is 2.15. The third-order valence-electron chi connectivity index (χ3n) is 4.17. The van der Waals surface area contributed by atoms with Gasteiger partial charge < -0.3 is 15.4 Å². The summed E-state index contributed by atoms with van der Waals surface area (Å²) in [5.41, 5.74) is 3.08. The van der Waals surface area contributed by atoms with Crippen molar-refractivity contribution in [2.24, 2.45) is 0 Å². The molecule has 1 amide bonds. The molecule has 0 radical (unpaired) electrons. The summed E-state index contributed by atoms with van der Waals surface area (Å²) in [6, 6.07) is 16.1. The van der Waals surface area contributed by atoms with Gasteiger partial charge in [0.2, 0.25) is 5.95 Å². The van der Waals surface area contributed by atoms with Crippen LogP contribution >= 0.6 is 0 Å². The van der Waals surface area contributed by atoms with Crippen molar-refractivity contribution in [2.75, 3.05) is 17.7 Å². The van der Waals surface area contributed by atoms with Crippen LogP contribution in [0.5, 0.6) is 0 Å². The number of amides is 1. The normalized spacial score (nSPS) is 10.2. The molecule has 1 heterocycles. The van der Waals surface area contributed by atoms with Gasteiger partial charge in [-0.15, -0.1) is 0 Å². The SMILES string of the molecule is COC(=O)c1ccccc1NC(=O)c1ccnc(NCc2ccccc2C)n1. The van der Waals surface area contributed by atoms with Gasteiger partial charge in [-0.1, -0.05) is 36.4 Å². The largest absolute Gasteiger partial charge is 0.465 e. The van der Waals surface area contributed by atoms with Gasteiger partial charge in [0.05, 0.1) is 18.4 Å². The average molecular weight is 376 g/mol. The molecule has 7 heteroatoms. The Morgan fingerprint density at radius 3 is 2.57 bits per heavy atom. The van der Waals surface area contributed by atoms with Crippen LogP contribution in [0.2, 0.25) is 0 Å². The Hall–Kier alpha value is -3.74. The van der Waals surface area contributed by atoms with Gasteiger partial charge in [0.15, 0.2) is 0 Å². The molecular formula is C21H20N4O3. The van der Waals surface area contributed by atoms with Crippen molar-refractivity contribution in [1.82, 2.24) is 9.97 Å². The summed E-state index contributed by atoms with van der Waals surface area (Å²) in [6.45, 7) is 2.57. The van der Waals surface area contributed by atoms with Crippen LogP contribution in [0.1, 0.15) is 32.0 Å². The number of carbonyl (C=O) groups is 2. The van der Waals surface area contributed by atoms with Gasteiger partial charge in [-0.2, -0.15) is 0 Å². The molecule has 0 aliphatic rings. The van der Waals surface area contributed by atoms with E-state index in [0.29, 0.717) is 18.2 Å². The van der Waals surface area contributed by atoms with E-state index >= 15 is 0 Å². The molecule has 0 fully saturated rings. The molecule has 3 rings (SSSR count). The number of aromatic nitrogens is 2. The van der Waals surface area contributed by atoms with E-state index in [2.05, 4.69) is 20.6 Å². The molecule has 28 heavy (non-hydrogen) atoms. The summed E-state index contributed by atoms with van der Waals surface area (Å²) in [6.07, 6.45) is 1.51. The zero-order chi connectivity index (χ0) is 19.9. The summed E-state index contributed by atoms with van der Waals surface area (Å²) in [4.78, 5) is 32.8. The number of rotatable bonds is 6. The van der Waals surface area contributed by atoms with E-state index in [0.717, 1.165) is 11.1 Å². The second kappa shape index (κ2) is 8.77. The Kier molecular flexibility index (Phi) is 5.96. The van der Waals surface area contributed by atoms with Crippen LogP contribution in [0.25, 0.3) is 0 Å². The second-order valence-electron chi connectivity index (χ2n) is 6.04. The molecule has 0 bridgehead atoms. The Bertz CT molecular complexity index is 1000. The monoisotopic (exact) mass is 376 g/mol. The van der Waals surface area contributed by atoms with Crippen LogP contribution < -0.4 is 10.6 Å². The zero-order valence-corrected chi connectivity index (χ0v) is 15.6. The van der Waals surface area contributed by atoms with Crippen molar-refractivity contribution in [3.05, 3.63) is 83.2 Å². The van der Waals surface area contributed by atoms with Gasteiger partial charge >= 0.3 is 5.97 Å². The van der Waals surface area contributed by atoms with Crippen LogP contribution in [-0.2, 0) is 11.3 Å². The number of para-hydroxylation sites is 1. The molecule has 0 unspecified atom stereocenters. The third kappa shape index (κ3) is 4.50. The van der Waals surface area contributed by atoms with E-state index < -0.39 is 11.9 Å². The second-order valence-corrected chi connectivity index (χ2v) is 6.04. The van der Waals surface area contributed by atoms with Crippen molar-refractivity contribution in [3.63, 3.8) is 0 Å². The minimum absolute atomic E-state index is 0.182. The third-order valence-corrected chi connectivity index (χ3v) is 4.17. The van der Waals surface area contributed by atoms with Gasteiger partial charge in [0.1, 0.15) is 5.69 Å². The molecule has 0 aliphatic heterocycles. The van der Waals surface area contributed by atoms with Crippen LogP contribution in [0, 0.1) is 6.92 Å². The van der Waals surface area contributed by atoms with Gasteiger partial charge in [0.25, 0.3) is 5.91 Å². The number of nitrogens with one attached hydrogen (secondary N) is 2. The first-order chi connectivity index (χ1) is 13.6. The molecule has 0 aliphatic carbocycles. The maximum absolute atomic E-state index is 12.6. The predicted molar refractivity (Wildman–Crippen MR) is 106 cm³/mol. The maximum atomic E-state index is 12.6. The number of hydrogen-bond acceptors (Lipinski definition) is 6. The van der Waals surface area contributed by atoms with Crippen molar-refractivity contribution < 1.29 is 14.3 Å². The zero-order valence-electron chi connectivity index (χ0n) is 15.6. The number of hydrogen-bond donors (Lipinski definition) is 2. The Balaban J connectivity index is 1.73. The number of nitrogens with zero attached hydrogens (tertiary/aromatic N) is 2. The van der Waals surface area contributed by atoms with Crippen molar-refractivity contribution in [3.8, 4) is 0 Å². The topological polar surface area (TPSA) is 93.2 Å². The van der Waals surface area contributed by atoms with Gasteiger partial charge in [-0.05, 0) is 36.2 Å². The van der Waals surface area contributed by atoms with E-state index in [1.807, 2.05) is 31.2 Å². The minimum Gasteiger partial charge on any atom is -0.465 e. The molecule has 7 nitrogen and oxygen atoms in total. The van der Waals surface area contributed by atoms with E-state index in [4.69, 9.17) is 4.74 Å². The maximum Gasteiger partial charge on any atom is 0.339 e. The van der Waals surface area contributed by atoms with Crippen LogP contribution in [0.4, 0.5) is 11.6 Å². The lowest BCUT2D eigenvalue weighted by atomic mass is 10.1. The number of benzene rings is 2. The molecular weight excluding hydrogens is 356 g/mol. The average Bonchev–Trinajstić information content (AvgIpc) is 2.73. The summed E-state index contributed by atoms with van der Waals surface area (Å²) in [5, 5.41) is 5.82. The van der Waals surface area contributed by atoms with Crippen molar-refractivity contribution in [2.45, 2.75) is 13.5 Å². The quantitative estimate of drug-likeness (QED) is 0.640. The number of anilines is 2. The van der Waals surface area contributed by atoms with Crippen LogP contribution in [0.3, 0.4) is 0 Å². The van der Waals surface area contributed by atoms with Gasteiger partial charge in [0, 0.05) is 12.7 Å². The molecule has 142 valence electrons. The number of carbonyl (C=O) groups excluding carboxylic acids is 2. The first-order valence-corrected chi connectivity index (χ1v) is 8.68. The Labute approximate surface area is 162 Å². The molecule has 0 atom stereocenters. The lowest BCUT2D eigenvalue weighted by molar-refractivity contribution is 0.0602. The number of methoxy groups -OCH3 is 1. The molecule has 3 aromatic rings. The molecule has 2 N–H and O–H groups in total. The molecule has 0 saturated carbocycles. The highest BCUT2D eigenvalue weighted by molar-refractivity contribution is 6.07. The Morgan fingerprint density at radius 1 is 1.04 bits per heavy atom. The van der Waals surface area contributed by atoms with Gasteiger partial charge in [-0.3, -0.25) is 4.79 Å². The van der Waals surface area contributed by atoms with Crippen LogP contribution in [-0.4, -0.2) is 29.0 Å². The van der Waals surface area contributed by atoms with E-state index in [1.165, 1.54) is 19.4 Å². The van der Waals surface area contributed by atoms with E-state index in [1.54, 1.807) is 24.3 Å². The first-order valence-electron chi connectivity index (χ1n) is 8.68. The molecule has 2 aromatic carbocycles. The molecule has 1 aromatic heterocycles. The fourth-order valence-corrected chi connectivity index (χ4v) is 2.62. The fraction of sp³-hybridized carbons (Fsp3) is 0.143.